The molecule has 0 bridgehead atoms. The fraction of sp³-hybridized carbons (Fsp3) is 0.286. The highest BCUT2D eigenvalue weighted by Crippen LogP contribution is 2.38. The number of amides is 2. The Morgan fingerprint density at radius 3 is 2.76 bits per heavy atom. The third-order valence-corrected chi connectivity index (χ3v) is 4.91. The molecule has 0 spiro atoms. The van der Waals surface area contributed by atoms with Gasteiger partial charge in [0.25, 0.3) is 11.1 Å². The van der Waals surface area contributed by atoms with Crippen molar-refractivity contribution < 1.29 is 14.7 Å². The van der Waals surface area contributed by atoms with E-state index >= 15 is 0 Å². The van der Waals surface area contributed by atoms with Gasteiger partial charge in [0.1, 0.15) is 5.75 Å². The number of hydrogen-bond donors (Lipinski definition) is 1. The third kappa shape index (κ3) is 3.27. The van der Waals surface area contributed by atoms with Crippen molar-refractivity contribution in [2.75, 3.05) is 0 Å². The summed E-state index contributed by atoms with van der Waals surface area (Å²) in [4.78, 5) is 25.8. The zero-order valence-corrected chi connectivity index (χ0v) is 14.6. The van der Waals surface area contributed by atoms with E-state index in [0.29, 0.717) is 21.5 Å². The van der Waals surface area contributed by atoms with Crippen molar-refractivity contribution in [3.05, 3.63) is 32.1 Å². The second kappa shape index (κ2) is 6.42. The van der Waals surface area contributed by atoms with Crippen LogP contribution in [0.2, 0.25) is 5.02 Å². The maximum atomic E-state index is 12.3. The molecule has 0 aromatic heterocycles. The molecule has 4 nitrogen and oxygen atoms in total. The van der Waals surface area contributed by atoms with Crippen LogP contribution < -0.4 is 0 Å². The van der Waals surface area contributed by atoms with Crippen molar-refractivity contribution in [2.24, 2.45) is 0 Å². The van der Waals surface area contributed by atoms with Crippen molar-refractivity contribution in [3.63, 3.8) is 0 Å². The number of carbonyl (C=O) groups is 2. The summed E-state index contributed by atoms with van der Waals surface area (Å²) in [7, 11) is 0. The van der Waals surface area contributed by atoms with Crippen LogP contribution >= 0.6 is 39.3 Å². The Bertz CT molecular complexity index is 647. The lowest BCUT2D eigenvalue weighted by Gasteiger charge is -2.19. The maximum absolute atomic E-state index is 12.3. The summed E-state index contributed by atoms with van der Waals surface area (Å²) < 4.78 is 0.433. The van der Waals surface area contributed by atoms with Gasteiger partial charge in [0.15, 0.2) is 0 Å². The molecule has 1 heterocycles. The second-order valence-corrected chi connectivity index (χ2v) is 6.92. The number of phenols is 1. The first kappa shape index (κ1) is 16.4. The van der Waals surface area contributed by atoms with Gasteiger partial charge in [0.2, 0.25) is 0 Å². The average molecular weight is 391 g/mol. The summed E-state index contributed by atoms with van der Waals surface area (Å²) in [5.74, 6) is -0.357. The molecule has 2 rings (SSSR count). The number of imide groups is 1. The van der Waals surface area contributed by atoms with Gasteiger partial charge in [-0.2, -0.15) is 0 Å². The van der Waals surface area contributed by atoms with Crippen molar-refractivity contribution in [3.8, 4) is 5.75 Å². The van der Waals surface area contributed by atoms with Crippen LogP contribution in [0.3, 0.4) is 0 Å². The number of phenolic OH excluding ortho intramolecular Hbond substituents is 1. The molecule has 2 amide bonds. The molecule has 21 heavy (non-hydrogen) atoms. The lowest BCUT2D eigenvalue weighted by Crippen LogP contribution is -2.36. The highest BCUT2D eigenvalue weighted by atomic mass is 79.9. The van der Waals surface area contributed by atoms with Crippen LogP contribution in [-0.4, -0.2) is 27.2 Å². The molecular weight excluding hydrogens is 378 g/mol. The van der Waals surface area contributed by atoms with Crippen molar-refractivity contribution >= 4 is 56.5 Å². The van der Waals surface area contributed by atoms with E-state index < -0.39 is 0 Å². The Kier molecular flexibility index (Phi) is 5.01. The lowest BCUT2D eigenvalue weighted by atomic mass is 10.1. The monoisotopic (exact) mass is 389 g/mol. The van der Waals surface area contributed by atoms with Crippen LogP contribution in [0, 0.1) is 0 Å². The summed E-state index contributed by atoms with van der Waals surface area (Å²) in [6.07, 6.45) is 2.18. The number of benzene rings is 1. The van der Waals surface area contributed by atoms with Crippen LogP contribution in [0.4, 0.5) is 4.79 Å². The van der Waals surface area contributed by atoms with Crippen LogP contribution in [-0.2, 0) is 4.79 Å². The van der Waals surface area contributed by atoms with Crippen LogP contribution in [0.5, 0.6) is 5.75 Å². The predicted molar refractivity (Wildman–Crippen MR) is 88.4 cm³/mol. The fourth-order valence-electron chi connectivity index (χ4n) is 1.88. The zero-order valence-electron chi connectivity index (χ0n) is 11.4. The summed E-state index contributed by atoms with van der Waals surface area (Å²) in [5, 5.41) is 10.1. The van der Waals surface area contributed by atoms with Gasteiger partial charge < -0.3 is 5.11 Å². The Balaban J connectivity index is 2.40. The standard InChI is InChI=1S/C14H13BrClNO3S/c1-3-7(2)17-13(19)11(21-14(17)20)5-8-4-9(16)6-10(15)12(8)18/h4-7,18H,3H2,1-2H3/b11-5+/t7-/m1/s1. The number of nitrogens with zero attached hydrogens (tertiary/aromatic N) is 1. The minimum absolute atomic E-state index is 0.0188. The molecule has 1 aliphatic heterocycles. The quantitative estimate of drug-likeness (QED) is 0.764. The number of hydrogen-bond acceptors (Lipinski definition) is 4. The number of rotatable bonds is 3. The summed E-state index contributed by atoms with van der Waals surface area (Å²) >= 11 is 9.99. The summed E-state index contributed by atoms with van der Waals surface area (Å²) in [6.45, 7) is 3.74. The second-order valence-electron chi connectivity index (χ2n) is 4.63. The van der Waals surface area contributed by atoms with Gasteiger partial charge in [0, 0.05) is 16.6 Å². The molecule has 1 aromatic carbocycles. The molecule has 1 N–H and O–H groups in total. The molecule has 0 saturated carbocycles. The smallest absolute Gasteiger partial charge is 0.293 e. The summed E-state index contributed by atoms with van der Waals surface area (Å²) in [5.41, 5.74) is 0.393. The van der Waals surface area contributed by atoms with E-state index in [0.717, 1.165) is 11.8 Å². The molecule has 112 valence electrons. The van der Waals surface area contributed by atoms with Crippen molar-refractivity contribution in [1.82, 2.24) is 4.90 Å². The highest BCUT2D eigenvalue weighted by molar-refractivity contribution is 9.10. The molecule has 7 heteroatoms. The predicted octanol–water partition coefficient (Wildman–Crippen LogP) is 4.64. The first-order valence-electron chi connectivity index (χ1n) is 6.30. The van der Waals surface area contributed by atoms with Gasteiger partial charge >= 0.3 is 0 Å². The first-order chi connectivity index (χ1) is 9.85. The molecule has 0 aliphatic carbocycles. The van der Waals surface area contributed by atoms with Gasteiger partial charge in [0.05, 0.1) is 9.38 Å². The Morgan fingerprint density at radius 2 is 2.14 bits per heavy atom. The summed E-state index contributed by atoms with van der Waals surface area (Å²) in [6, 6.07) is 2.95. The van der Waals surface area contributed by atoms with Crippen LogP contribution in [0.25, 0.3) is 6.08 Å². The molecule has 1 atom stereocenters. The normalized spacial score (nSPS) is 18.7. The Labute approximate surface area is 140 Å². The highest BCUT2D eigenvalue weighted by Gasteiger charge is 2.37. The van der Waals surface area contributed by atoms with E-state index in [1.807, 2.05) is 13.8 Å². The van der Waals surface area contributed by atoms with E-state index in [2.05, 4.69) is 15.9 Å². The number of thioether (sulfide) groups is 1. The minimum Gasteiger partial charge on any atom is -0.506 e. The Hall–Kier alpha value is -0.980. The number of halogens is 2. The van der Waals surface area contributed by atoms with Gasteiger partial charge in [-0.25, -0.2) is 0 Å². The molecule has 0 radical (unpaired) electrons. The molecule has 1 aliphatic rings. The van der Waals surface area contributed by atoms with E-state index in [9.17, 15) is 14.7 Å². The van der Waals surface area contributed by atoms with Crippen LogP contribution in [0.1, 0.15) is 25.8 Å². The van der Waals surface area contributed by atoms with Gasteiger partial charge in [-0.15, -0.1) is 0 Å². The average Bonchev–Trinajstić information content (AvgIpc) is 2.69. The van der Waals surface area contributed by atoms with E-state index in [-0.39, 0.29) is 27.8 Å². The van der Waals surface area contributed by atoms with E-state index in [1.54, 1.807) is 12.1 Å². The largest absolute Gasteiger partial charge is 0.506 e. The first-order valence-corrected chi connectivity index (χ1v) is 8.29. The zero-order chi connectivity index (χ0) is 15.7. The third-order valence-electron chi connectivity index (χ3n) is 3.20. The van der Waals surface area contributed by atoms with Gasteiger partial charge in [-0.3, -0.25) is 14.5 Å². The molecule has 0 unspecified atom stereocenters. The Morgan fingerprint density at radius 1 is 1.48 bits per heavy atom. The topological polar surface area (TPSA) is 57.6 Å². The SMILES string of the molecule is CC[C@@H](C)N1C(=O)S/C(=C/c2cc(Cl)cc(Br)c2O)C1=O. The molecule has 1 aromatic rings. The molecule has 1 saturated heterocycles. The van der Waals surface area contributed by atoms with Crippen molar-refractivity contribution in [2.45, 2.75) is 26.3 Å². The van der Waals surface area contributed by atoms with Gasteiger partial charge in [-0.05, 0) is 59.2 Å². The lowest BCUT2D eigenvalue weighted by molar-refractivity contribution is -0.124. The van der Waals surface area contributed by atoms with E-state index in [4.69, 9.17) is 11.6 Å². The number of aromatic hydroxyl groups is 1. The maximum Gasteiger partial charge on any atom is 0.293 e. The van der Waals surface area contributed by atoms with E-state index in [1.165, 1.54) is 11.0 Å². The fourth-order valence-corrected chi connectivity index (χ4v) is 3.63. The minimum atomic E-state index is -0.338. The van der Waals surface area contributed by atoms with Crippen LogP contribution in [0.15, 0.2) is 21.5 Å². The molecule has 1 fully saturated rings. The number of carbonyl (C=O) groups excluding carboxylic acids is 2. The van der Waals surface area contributed by atoms with Gasteiger partial charge in [-0.1, -0.05) is 18.5 Å². The molecular formula is C14H13BrClNO3S. The van der Waals surface area contributed by atoms with Crippen molar-refractivity contribution in [1.29, 1.82) is 0 Å².